The van der Waals surface area contributed by atoms with Gasteiger partial charge in [0.1, 0.15) is 0 Å². The summed E-state index contributed by atoms with van der Waals surface area (Å²) in [5, 5.41) is 11.3. The summed E-state index contributed by atoms with van der Waals surface area (Å²) >= 11 is 0. The van der Waals surface area contributed by atoms with Crippen LogP contribution in [0.25, 0.3) is 0 Å². The molecule has 21 heavy (non-hydrogen) atoms. The molecule has 1 atom stereocenters. The van der Waals surface area contributed by atoms with E-state index in [1.807, 2.05) is 0 Å². The highest BCUT2D eigenvalue weighted by atomic mass is 16.5. The van der Waals surface area contributed by atoms with E-state index in [1.165, 1.54) is 57.8 Å². The van der Waals surface area contributed by atoms with Gasteiger partial charge in [-0.2, -0.15) is 0 Å². The standard InChI is InChI=1S/C18H33NO2/c1-2-15-5-7-16(8-6-15)17(20)18(9-3-4-10-18)19-11-13-21-14-12-19/h15-17,20H,2-14H2,1H3. The fourth-order valence-electron chi connectivity index (χ4n) is 5.15. The molecule has 1 saturated heterocycles. The van der Waals surface area contributed by atoms with Crippen molar-refractivity contribution in [2.24, 2.45) is 11.8 Å². The molecular formula is C18H33NO2. The Labute approximate surface area is 130 Å². The summed E-state index contributed by atoms with van der Waals surface area (Å²) in [7, 11) is 0. The lowest BCUT2D eigenvalue weighted by Gasteiger charge is -2.49. The van der Waals surface area contributed by atoms with E-state index in [9.17, 15) is 5.11 Å². The number of morpholine rings is 1. The van der Waals surface area contributed by atoms with Crippen LogP contribution in [-0.2, 0) is 4.74 Å². The van der Waals surface area contributed by atoms with Crippen LogP contribution in [-0.4, -0.2) is 48.0 Å². The van der Waals surface area contributed by atoms with Gasteiger partial charge in [-0.15, -0.1) is 0 Å². The summed E-state index contributed by atoms with van der Waals surface area (Å²) in [5.41, 5.74) is 0.0769. The Morgan fingerprint density at radius 2 is 1.71 bits per heavy atom. The topological polar surface area (TPSA) is 32.7 Å². The maximum atomic E-state index is 11.3. The van der Waals surface area contributed by atoms with Gasteiger partial charge in [-0.05, 0) is 37.5 Å². The molecular weight excluding hydrogens is 262 g/mol. The molecule has 0 aromatic rings. The molecule has 0 aromatic heterocycles. The first-order valence-electron chi connectivity index (χ1n) is 9.27. The Morgan fingerprint density at radius 3 is 2.29 bits per heavy atom. The number of aliphatic hydroxyl groups excluding tert-OH is 1. The third-order valence-corrected chi connectivity index (χ3v) is 6.58. The van der Waals surface area contributed by atoms with Crippen LogP contribution in [0.1, 0.15) is 64.7 Å². The van der Waals surface area contributed by atoms with E-state index in [2.05, 4.69) is 11.8 Å². The molecule has 1 heterocycles. The van der Waals surface area contributed by atoms with Gasteiger partial charge >= 0.3 is 0 Å². The van der Waals surface area contributed by atoms with E-state index in [0.29, 0.717) is 5.92 Å². The van der Waals surface area contributed by atoms with Crippen molar-refractivity contribution in [1.82, 2.24) is 4.90 Å². The number of aliphatic hydroxyl groups is 1. The number of hydrogen-bond acceptors (Lipinski definition) is 3. The fraction of sp³-hybridized carbons (Fsp3) is 1.00. The van der Waals surface area contributed by atoms with Gasteiger partial charge in [-0.3, -0.25) is 4.90 Å². The third kappa shape index (κ3) is 3.16. The van der Waals surface area contributed by atoms with E-state index in [-0.39, 0.29) is 11.6 Å². The average Bonchev–Trinajstić information content (AvgIpc) is 3.06. The zero-order chi connectivity index (χ0) is 14.7. The van der Waals surface area contributed by atoms with Crippen molar-refractivity contribution in [2.75, 3.05) is 26.3 Å². The zero-order valence-corrected chi connectivity index (χ0v) is 13.7. The quantitative estimate of drug-likeness (QED) is 0.864. The smallest absolute Gasteiger partial charge is 0.0751 e. The average molecular weight is 295 g/mol. The van der Waals surface area contributed by atoms with E-state index in [4.69, 9.17) is 4.74 Å². The number of ether oxygens (including phenoxy) is 1. The summed E-state index contributed by atoms with van der Waals surface area (Å²) in [6, 6.07) is 0. The zero-order valence-electron chi connectivity index (χ0n) is 13.7. The predicted molar refractivity (Wildman–Crippen MR) is 85.3 cm³/mol. The second kappa shape index (κ2) is 6.97. The maximum Gasteiger partial charge on any atom is 0.0751 e. The Bertz CT molecular complexity index is 313. The van der Waals surface area contributed by atoms with Gasteiger partial charge < -0.3 is 9.84 Å². The van der Waals surface area contributed by atoms with E-state index in [1.54, 1.807) is 0 Å². The van der Waals surface area contributed by atoms with Gasteiger partial charge in [-0.25, -0.2) is 0 Å². The summed E-state index contributed by atoms with van der Waals surface area (Å²) < 4.78 is 5.53. The SMILES string of the molecule is CCC1CCC(C(O)C2(N3CCOCC3)CCCC2)CC1. The molecule has 3 rings (SSSR count). The number of nitrogens with zero attached hydrogens (tertiary/aromatic N) is 1. The van der Waals surface area contributed by atoms with Crippen LogP contribution in [0, 0.1) is 11.8 Å². The monoisotopic (exact) mass is 295 g/mol. The molecule has 1 N–H and O–H groups in total. The summed E-state index contributed by atoms with van der Waals surface area (Å²) in [6.07, 6.45) is 11.3. The molecule has 122 valence electrons. The summed E-state index contributed by atoms with van der Waals surface area (Å²) in [5.74, 6) is 1.45. The van der Waals surface area contributed by atoms with Gasteiger partial charge in [0.15, 0.2) is 0 Å². The molecule has 2 saturated carbocycles. The largest absolute Gasteiger partial charge is 0.391 e. The normalized spacial score (nSPS) is 35.7. The minimum absolute atomic E-state index is 0.0769. The molecule has 3 heteroatoms. The highest BCUT2D eigenvalue weighted by molar-refractivity contribution is 5.03. The van der Waals surface area contributed by atoms with E-state index in [0.717, 1.165) is 32.2 Å². The van der Waals surface area contributed by atoms with Gasteiger partial charge in [0.25, 0.3) is 0 Å². The fourth-order valence-corrected chi connectivity index (χ4v) is 5.15. The minimum Gasteiger partial charge on any atom is -0.391 e. The lowest BCUT2D eigenvalue weighted by Crippen LogP contribution is -2.60. The first kappa shape index (κ1) is 15.8. The second-order valence-electron chi connectivity index (χ2n) is 7.54. The van der Waals surface area contributed by atoms with Crippen molar-refractivity contribution < 1.29 is 9.84 Å². The molecule has 0 spiro atoms. The van der Waals surface area contributed by atoms with E-state index < -0.39 is 0 Å². The van der Waals surface area contributed by atoms with Crippen molar-refractivity contribution in [1.29, 1.82) is 0 Å². The lowest BCUT2D eigenvalue weighted by atomic mass is 9.72. The number of rotatable bonds is 4. The van der Waals surface area contributed by atoms with Crippen LogP contribution in [0.4, 0.5) is 0 Å². The van der Waals surface area contributed by atoms with Crippen molar-refractivity contribution >= 4 is 0 Å². The Kier molecular flexibility index (Phi) is 5.23. The molecule has 3 nitrogen and oxygen atoms in total. The highest BCUT2D eigenvalue weighted by Gasteiger charge is 2.48. The molecule has 0 amide bonds. The maximum absolute atomic E-state index is 11.3. The Morgan fingerprint density at radius 1 is 1.10 bits per heavy atom. The lowest BCUT2D eigenvalue weighted by molar-refractivity contribution is -0.100. The van der Waals surface area contributed by atoms with Crippen LogP contribution in [0.2, 0.25) is 0 Å². The van der Waals surface area contributed by atoms with Gasteiger partial charge in [0, 0.05) is 18.6 Å². The molecule has 1 aliphatic heterocycles. The first-order valence-corrected chi connectivity index (χ1v) is 9.27. The predicted octanol–water partition coefficient (Wildman–Crippen LogP) is 3.21. The molecule has 0 radical (unpaired) electrons. The van der Waals surface area contributed by atoms with Crippen molar-refractivity contribution in [2.45, 2.75) is 76.4 Å². The van der Waals surface area contributed by atoms with Crippen molar-refractivity contribution in [3.63, 3.8) is 0 Å². The van der Waals surface area contributed by atoms with Crippen LogP contribution in [0.5, 0.6) is 0 Å². The van der Waals surface area contributed by atoms with E-state index >= 15 is 0 Å². The summed E-state index contributed by atoms with van der Waals surface area (Å²) in [6.45, 7) is 6.03. The van der Waals surface area contributed by atoms with Crippen LogP contribution >= 0.6 is 0 Å². The van der Waals surface area contributed by atoms with Crippen LogP contribution in [0.15, 0.2) is 0 Å². The van der Waals surface area contributed by atoms with Gasteiger partial charge in [0.05, 0.1) is 19.3 Å². The Hall–Kier alpha value is -0.120. The molecule has 2 aliphatic carbocycles. The van der Waals surface area contributed by atoms with Crippen molar-refractivity contribution in [3.05, 3.63) is 0 Å². The molecule has 1 unspecified atom stereocenters. The highest BCUT2D eigenvalue weighted by Crippen LogP contribution is 2.44. The first-order chi connectivity index (χ1) is 10.3. The molecule has 3 fully saturated rings. The second-order valence-corrected chi connectivity index (χ2v) is 7.54. The van der Waals surface area contributed by atoms with Crippen LogP contribution < -0.4 is 0 Å². The van der Waals surface area contributed by atoms with Crippen molar-refractivity contribution in [3.8, 4) is 0 Å². The van der Waals surface area contributed by atoms with Crippen LogP contribution in [0.3, 0.4) is 0 Å². The van der Waals surface area contributed by atoms with Gasteiger partial charge in [0.2, 0.25) is 0 Å². The summed E-state index contributed by atoms with van der Waals surface area (Å²) in [4.78, 5) is 2.58. The number of hydrogen-bond donors (Lipinski definition) is 1. The van der Waals surface area contributed by atoms with Gasteiger partial charge in [-0.1, -0.05) is 39.0 Å². The molecule has 3 aliphatic rings. The molecule has 0 aromatic carbocycles. The third-order valence-electron chi connectivity index (χ3n) is 6.58. The minimum atomic E-state index is -0.115. The molecule has 0 bridgehead atoms. The Balaban J connectivity index is 1.68.